The van der Waals surface area contributed by atoms with Gasteiger partial charge in [-0.2, -0.15) is 0 Å². The summed E-state index contributed by atoms with van der Waals surface area (Å²) in [6.45, 7) is 2.03. The molecule has 0 saturated carbocycles. The monoisotopic (exact) mass is 331 g/mol. The SMILES string of the molecule is C[C@]1(c2ccc(Oc3ccccc3)cc2)CC(Br)=NO1. The molecule has 0 fully saturated rings. The Morgan fingerprint density at radius 1 is 1.05 bits per heavy atom. The molecule has 2 aromatic carbocycles. The molecule has 1 aliphatic rings. The molecule has 0 unspecified atom stereocenters. The van der Waals surface area contributed by atoms with E-state index in [0.717, 1.165) is 28.1 Å². The van der Waals surface area contributed by atoms with Crippen LogP contribution in [0.15, 0.2) is 59.8 Å². The fraction of sp³-hybridized carbons (Fsp3) is 0.188. The molecule has 3 nitrogen and oxygen atoms in total. The molecule has 4 heteroatoms. The molecule has 2 aromatic rings. The topological polar surface area (TPSA) is 30.8 Å². The van der Waals surface area contributed by atoms with Crippen molar-refractivity contribution < 1.29 is 9.57 Å². The van der Waals surface area contributed by atoms with Crippen LogP contribution in [-0.2, 0) is 10.4 Å². The number of para-hydroxylation sites is 1. The minimum atomic E-state index is -0.399. The van der Waals surface area contributed by atoms with Gasteiger partial charge < -0.3 is 9.57 Å². The number of nitrogens with zero attached hydrogens (tertiary/aromatic N) is 1. The van der Waals surface area contributed by atoms with E-state index in [9.17, 15) is 0 Å². The second kappa shape index (κ2) is 5.29. The van der Waals surface area contributed by atoms with Crippen molar-refractivity contribution in [3.63, 3.8) is 0 Å². The Bertz CT molecular complexity index is 625. The summed E-state index contributed by atoms with van der Waals surface area (Å²) in [6, 6.07) is 17.6. The fourth-order valence-corrected chi connectivity index (χ4v) is 2.76. The molecule has 0 amide bonds. The van der Waals surface area contributed by atoms with E-state index >= 15 is 0 Å². The number of hydrogen-bond donors (Lipinski definition) is 0. The summed E-state index contributed by atoms with van der Waals surface area (Å²) in [5.41, 5.74) is 0.681. The smallest absolute Gasteiger partial charge is 0.166 e. The van der Waals surface area contributed by atoms with Gasteiger partial charge in [-0.1, -0.05) is 35.5 Å². The van der Waals surface area contributed by atoms with Crippen molar-refractivity contribution in [2.24, 2.45) is 5.16 Å². The number of benzene rings is 2. The van der Waals surface area contributed by atoms with Gasteiger partial charge in [0.15, 0.2) is 5.60 Å². The van der Waals surface area contributed by atoms with E-state index in [2.05, 4.69) is 21.1 Å². The van der Waals surface area contributed by atoms with Gasteiger partial charge in [0.25, 0.3) is 0 Å². The van der Waals surface area contributed by atoms with E-state index < -0.39 is 5.60 Å². The summed E-state index contributed by atoms with van der Waals surface area (Å²) in [5.74, 6) is 1.64. The average molecular weight is 332 g/mol. The first-order valence-electron chi connectivity index (χ1n) is 6.40. The van der Waals surface area contributed by atoms with Crippen LogP contribution in [0.1, 0.15) is 18.9 Å². The summed E-state index contributed by atoms with van der Waals surface area (Å²) >= 11 is 3.37. The third-order valence-corrected chi connectivity index (χ3v) is 3.70. The van der Waals surface area contributed by atoms with E-state index in [4.69, 9.17) is 9.57 Å². The Hall–Kier alpha value is -1.81. The molecule has 0 saturated heterocycles. The third kappa shape index (κ3) is 2.70. The highest BCUT2D eigenvalue weighted by molar-refractivity contribution is 9.18. The molecule has 102 valence electrons. The molecule has 0 bridgehead atoms. The lowest BCUT2D eigenvalue weighted by Gasteiger charge is -2.21. The molecule has 0 radical (unpaired) electrons. The summed E-state index contributed by atoms with van der Waals surface area (Å²) in [7, 11) is 0. The second-order valence-electron chi connectivity index (χ2n) is 4.91. The standard InChI is InChI=1S/C16H14BrNO2/c1-16(11-15(17)18-20-16)12-7-9-14(10-8-12)19-13-5-3-2-4-6-13/h2-10H,11H2,1H3/t16-/m1/s1. The van der Waals surface area contributed by atoms with Crippen molar-refractivity contribution in [1.29, 1.82) is 0 Å². The van der Waals surface area contributed by atoms with Crippen LogP contribution in [0.25, 0.3) is 0 Å². The van der Waals surface area contributed by atoms with Gasteiger partial charge in [0.1, 0.15) is 16.1 Å². The number of ether oxygens (including phenoxy) is 1. The Morgan fingerprint density at radius 2 is 1.70 bits per heavy atom. The Kier molecular flexibility index (Phi) is 3.49. The maximum absolute atomic E-state index is 5.77. The molecule has 0 spiro atoms. The predicted molar refractivity (Wildman–Crippen MR) is 82.4 cm³/mol. The molecule has 1 atom stereocenters. The van der Waals surface area contributed by atoms with Gasteiger partial charge in [0.2, 0.25) is 0 Å². The number of rotatable bonds is 3. The Labute approximate surface area is 126 Å². The van der Waals surface area contributed by atoms with Crippen LogP contribution in [0.4, 0.5) is 0 Å². The zero-order chi connectivity index (χ0) is 14.0. The van der Waals surface area contributed by atoms with Crippen molar-refractivity contribution in [3.05, 3.63) is 60.2 Å². The van der Waals surface area contributed by atoms with Crippen molar-refractivity contribution in [2.45, 2.75) is 18.9 Å². The van der Waals surface area contributed by atoms with Gasteiger partial charge in [-0.15, -0.1) is 0 Å². The zero-order valence-corrected chi connectivity index (χ0v) is 12.6. The average Bonchev–Trinajstić information content (AvgIpc) is 2.81. The van der Waals surface area contributed by atoms with E-state index in [1.165, 1.54) is 0 Å². The van der Waals surface area contributed by atoms with Crippen LogP contribution in [0, 0.1) is 0 Å². The molecule has 0 N–H and O–H groups in total. The molecule has 1 aliphatic heterocycles. The van der Waals surface area contributed by atoms with Crippen LogP contribution >= 0.6 is 15.9 Å². The van der Waals surface area contributed by atoms with Crippen LogP contribution in [0.2, 0.25) is 0 Å². The first-order valence-corrected chi connectivity index (χ1v) is 7.19. The minimum Gasteiger partial charge on any atom is -0.457 e. The first-order chi connectivity index (χ1) is 9.66. The number of oxime groups is 1. The lowest BCUT2D eigenvalue weighted by molar-refractivity contribution is -0.00740. The van der Waals surface area contributed by atoms with Crippen LogP contribution < -0.4 is 4.74 Å². The number of hydrogen-bond acceptors (Lipinski definition) is 3. The van der Waals surface area contributed by atoms with E-state index in [1.807, 2.05) is 61.5 Å². The van der Waals surface area contributed by atoms with Crippen molar-refractivity contribution in [3.8, 4) is 11.5 Å². The van der Waals surface area contributed by atoms with Gasteiger partial charge in [-0.25, -0.2) is 0 Å². The van der Waals surface area contributed by atoms with E-state index in [0.29, 0.717) is 0 Å². The third-order valence-electron chi connectivity index (χ3n) is 3.27. The van der Waals surface area contributed by atoms with Gasteiger partial charge in [0, 0.05) is 6.42 Å². The summed E-state index contributed by atoms with van der Waals surface area (Å²) in [4.78, 5) is 5.50. The molecule has 20 heavy (non-hydrogen) atoms. The van der Waals surface area contributed by atoms with Crippen molar-refractivity contribution in [2.75, 3.05) is 0 Å². The Balaban J connectivity index is 1.75. The molecule has 0 aromatic heterocycles. The van der Waals surface area contributed by atoms with Crippen LogP contribution in [0.3, 0.4) is 0 Å². The molecule has 3 rings (SSSR count). The van der Waals surface area contributed by atoms with Gasteiger partial charge in [-0.3, -0.25) is 0 Å². The normalized spacial score (nSPS) is 21.2. The molecular weight excluding hydrogens is 318 g/mol. The fourth-order valence-electron chi connectivity index (χ4n) is 2.15. The van der Waals surface area contributed by atoms with Gasteiger partial charge >= 0.3 is 0 Å². The van der Waals surface area contributed by atoms with Crippen LogP contribution in [-0.4, -0.2) is 4.62 Å². The summed E-state index contributed by atoms with van der Waals surface area (Å²) < 4.78 is 6.61. The maximum atomic E-state index is 5.77. The molecular formula is C16H14BrNO2. The number of halogens is 1. The summed E-state index contributed by atoms with van der Waals surface area (Å²) in [6.07, 6.45) is 0.742. The zero-order valence-electron chi connectivity index (χ0n) is 11.0. The van der Waals surface area contributed by atoms with Crippen LogP contribution in [0.5, 0.6) is 11.5 Å². The first kappa shape index (κ1) is 13.2. The highest BCUT2D eigenvalue weighted by atomic mass is 79.9. The summed E-state index contributed by atoms with van der Waals surface area (Å²) in [5, 5.41) is 3.96. The lowest BCUT2D eigenvalue weighted by Crippen LogP contribution is -2.20. The lowest BCUT2D eigenvalue weighted by atomic mass is 9.93. The van der Waals surface area contributed by atoms with E-state index in [1.54, 1.807) is 0 Å². The maximum Gasteiger partial charge on any atom is 0.166 e. The molecule has 1 heterocycles. The highest BCUT2D eigenvalue weighted by Crippen LogP contribution is 2.36. The van der Waals surface area contributed by atoms with E-state index in [-0.39, 0.29) is 0 Å². The highest BCUT2D eigenvalue weighted by Gasteiger charge is 2.35. The Morgan fingerprint density at radius 3 is 2.30 bits per heavy atom. The quantitative estimate of drug-likeness (QED) is 0.807. The minimum absolute atomic E-state index is 0.399. The largest absolute Gasteiger partial charge is 0.457 e. The predicted octanol–water partition coefficient (Wildman–Crippen LogP) is 4.82. The second-order valence-corrected chi connectivity index (χ2v) is 5.82. The van der Waals surface area contributed by atoms with Crippen molar-refractivity contribution in [1.82, 2.24) is 0 Å². The van der Waals surface area contributed by atoms with Crippen molar-refractivity contribution >= 4 is 20.6 Å². The molecule has 0 aliphatic carbocycles. The van der Waals surface area contributed by atoms with Gasteiger partial charge in [-0.05, 0) is 52.7 Å². The van der Waals surface area contributed by atoms with Gasteiger partial charge in [0.05, 0.1) is 0 Å².